The average Bonchev–Trinajstić information content (AvgIpc) is 2.47. The van der Waals surface area contributed by atoms with Crippen LogP contribution in [0.3, 0.4) is 0 Å². The molecule has 1 aliphatic heterocycles. The molecule has 2 aromatic carbocycles. The van der Waals surface area contributed by atoms with E-state index in [1.165, 1.54) is 21.6 Å². The van der Waals surface area contributed by atoms with Gasteiger partial charge in [0.2, 0.25) is 0 Å². The van der Waals surface area contributed by atoms with Crippen LogP contribution < -0.4 is 0 Å². The second kappa shape index (κ2) is 5.66. The van der Waals surface area contributed by atoms with Gasteiger partial charge in [-0.2, -0.15) is 0 Å². The van der Waals surface area contributed by atoms with Gasteiger partial charge < -0.3 is 0 Å². The Kier molecular flexibility index (Phi) is 3.92. The molecule has 0 amide bonds. The van der Waals surface area contributed by atoms with Crippen LogP contribution in [0.2, 0.25) is 5.02 Å². The van der Waals surface area contributed by atoms with Gasteiger partial charge >= 0.3 is 0 Å². The predicted molar refractivity (Wildman–Crippen MR) is 88.1 cm³/mol. The summed E-state index contributed by atoms with van der Waals surface area (Å²) in [6.07, 6.45) is 4.50. The molecule has 1 heterocycles. The molecule has 0 aromatic heterocycles. The van der Waals surface area contributed by atoms with E-state index in [0.717, 1.165) is 5.02 Å². The molecule has 1 unspecified atom stereocenters. The first-order chi connectivity index (χ1) is 9.28. The van der Waals surface area contributed by atoms with Crippen LogP contribution in [-0.2, 0) is 0 Å². The van der Waals surface area contributed by atoms with E-state index in [1.54, 1.807) is 0 Å². The summed E-state index contributed by atoms with van der Waals surface area (Å²) in [7, 11) is 0. The largest absolute Gasteiger partial charge is 0.146 e. The molecule has 1 aliphatic rings. The van der Waals surface area contributed by atoms with Crippen molar-refractivity contribution in [2.45, 2.75) is 9.48 Å². The van der Waals surface area contributed by atoms with E-state index in [-0.39, 0.29) is 0 Å². The second-order valence-electron chi connectivity index (χ2n) is 4.31. The molecular weight excluding hydrogens is 292 g/mol. The Hall–Kier alpha value is -0.830. The Balaban J connectivity index is 2.11. The van der Waals surface area contributed by atoms with Crippen LogP contribution in [0.25, 0.3) is 5.57 Å². The molecule has 2 aromatic rings. The van der Waals surface area contributed by atoms with E-state index in [0.29, 0.717) is 4.58 Å². The first-order valence-corrected chi connectivity index (χ1v) is 8.59. The Labute approximate surface area is 127 Å². The van der Waals surface area contributed by atoms with Crippen LogP contribution in [0.5, 0.6) is 0 Å². The van der Waals surface area contributed by atoms with Crippen LogP contribution in [0, 0.1) is 0 Å². The van der Waals surface area contributed by atoms with E-state index in [1.807, 2.05) is 35.7 Å². The predicted octanol–water partition coefficient (Wildman–Crippen LogP) is 5.57. The van der Waals surface area contributed by atoms with Crippen molar-refractivity contribution in [3.63, 3.8) is 0 Å². The molecule has 0 fully saturated rings. The molecule has 0 saturated carbocycles. The van der Waals surface area contributed by atoms with Gasteiger partial charge in [-0.05, 0) is 41.2 Å². The average molecular weight is 305 g/mol. The van der Waals surface area contributed by atoms with Crippen molar-refractivity contribution in [1.29, 1.82) is 0 Å². The summed E-state index contributed by atoms with van der Waals surface area (Å²) in [6.45, 7) is 0. The minimum absolute atomic E-state index is 0.473. The van der Waals surface area contributed by atoms with Gasteiger partial charge in [-0.25, -0.2) is 0 Å². The van der Waals surface area contributed by atoms with Crippen molar-refractivity contribution in [2.24, 2.45) is 0 Å². The number of rotatable bonds is 2. The van der Waals surface area contributed by atoms with Gasteiger partial charge in [-0.3, -0.25) is 0 Å². The van der Waals surface area contributed by atoms with Crippen molar-refractivity contribution >= 4 is 40.7 Å². The third-order valence-corrected chi connectivity index (χ3v) is 5.81. The molecule has 19 heavy (non-hydrogen) atoms. The van der Waals surface area contributed by atoms with Gasteiger partial charge in [0.15, 0.2) is 0 Å². The lowest BCUT2D eigenvalue weighted by Gasteiger charge is -2.22. The summed E-state index contributed by atoms with van der Waals surface area (Å²) in [6, 6.07) is 16.7. The van der Waals surface area contributed by atoms with Gasteiger partial charge in [0.1, 0.15) is 0 Å². The first-order valence-electron chi connectivity index (χ1n) is 6.04. The molecule has 0 spiro atoms. The third kappa shape index (κ3) is 2.71. The summed E-state index contributed by atoms with van der Waals surface area (Å²) in [5.74, 6) is 0. The van der Waals surface area contributed by atoms with Gasteiger partial charge in [-0.1, -0.05) is 48.0 Å². The lowest BCUT2D eigenvalue weighted by molar-refractivity contribution is 1.35. The summed E-state index contributed by atoms with van der Waals surface area (Å²) < 4.78 is 0.473. The quantitative estimate of drug-likeness (QED) is 0.711. The van der Waals surface area contributed by atoms with E-state index in [4.69, 9.17) is 11.6 Å². The topological polar surface area (TPSA) is 0 Å². The molecule has 0 bridgehead atoms. The fourth-order valence-electron chi connectivity index (χ4n) is 2.17. The number of thioether (sulfide) groups is 2. The highest BCUT2D eigenvalue weighted by atomic mass is 35.5. The van der Waals surface area contributed by atoms with Crippen LogP contribution in [0.4, 0.5) is 0 Å². The zero-order chi connectivity index (χ0) is 13.2. The summed E-state index contributed by atoms with van der Waals surface area (Å²) in [5.41, 5.74) is 3.86. The molecule has 0 aliphatic carbocycles. The number of hydrogen-bond donors (Lipinski definition) is 0. The van der Waals surface area contributed by atoms with E-state index in [9.17, 15) is 0 Å². The zero-order valence-corrected chi connectivity index (χ0v) is 12.9. The number of benzene rings is 2. The molecule has 1 atom stereocenters. The summed E-state index contributed by atoms with van der Waals surface area (Å²) >= 11 is 9.77. The lowest BCUT2D eigenvalue weighted by Crippen LogP contribution is -2.03. The smallest absolute Gasteiger partial charge is 0.0736 e. The third-order valence-electron chi connectivity index (χ3n) is 3.11. The van der Waals surface area contributed by atoms with Crippen LogP contribution in [0.15, 0.2) is 59.5 Å². The van der Waals surface area contributed by atoms with Crippen molar-refractivity contribution in [3.05, 3.63) is 70.8 Å². The van der Waals surface area contributed by atoms with Crippen LogP contribution >= 0.6 is 35.1 Å². The molecule has 0 nitrogen and oxygen atoms in total. The summed E-state index contributed by atoms with van der Waals surface area (Å²) in [5, 5.41) is 0.782. The maximum atomic E-state index is 5.98. The lowest BCUT2D eigenvalue weighted by atomic mass is 9.97. The monoisotopic (exact) mass is 304 g/mol. The van der Waals surface area contributed by atoms with Gasteiger partial charge in [0.25, 0.3) is 0 Å². The summed E-state index contributed by atoms with van der Waals surface area (Å²) in [4.78, 5) is 1.36. The fourth-order valence-corrected chi connectivity index (χ4v) is 4.18. The Bertz CT molecular complexity index is 617. The van der Waals surface area contributed by atoms with E-state index < -0.39 is 0 Å². The number of halogens is 1. The normalized spacial score (nSPS) is 17.8. The van der Waals surface area contributed by atoms with E-state index >= 15 is 0 Å². The molecular formula is C16H13ClS2. The fraction of sp³-hybridized carbons (Fsp3) is 0.125. The highest BCUT2D eigenvalue weighted by molar-refractivity contribution is 8.17. The SMILES string of the molecule is CSC1C=C(c2ccc(Cl)cc2)c2ccccc2S1. The Morgan fingerprint density at radius 1 is 1.05 bits per heavy atom. The Morgan fingerprint density at radius 2 is 1.79 bits per heavy atom. The zero-order valence-electron chi connectivity index (χ0n) is 10.5. The molecule has 3 rings (SSSR count). The maximum Gasteiger partial charge on any atom is 0.0736 e. The van der Waals surface area contributed by atoms with Gasteiger partial charge in [0.05, 0.1) is 4.58 Å². The minimum Gasteiger partial charge on any atom is -0.146 e. The molecule has 0 radical (unpaired) electrons. The molecule has 0 saturated heterocycles. The molecule has 0 N–H and O–H groups in total. The van der Waals surface area contributed by atoms with Crippen molar-refractivity contribution in [1.82, 2.24) is 0 Å². The standard InChI is InChI=1S/C16H13ClS2/c1-18-16-10-14(11-6-8-12(17)9-7-11)13-4-2-3-5-15(13)19-16/h2-10,16H,1H3. The van der Waals surface area contributed by atoms with E-state index in [2.05, 4.69) is 48.7 Å². The maximum absolute atomic E-state index is 5.98. The molecule has 3 heteroatoms. The highest BCUT2D eigenvalue weighted by Gasteiger charge is 2.20. The van der Waals surface area contributed by atoms with Crippen LogP contribution in [-0.4, -0.2) is 10.8 Å². The minimum atomic E-state index is 0.473. The number of hydrogen-bond acceptors (Lipinski definition) is 2. The highest BCUT2D eigenvalue weighted by Crippen LogP contribution is 2.43. The van der Waals surface area contributed by atoms with Gasteiger partial charge in [0, 0.05) is 9.92 Å². The van der Waals surface area contributed by atoms with Crippen molar-refractivity contribution in [2.75, 3.05) is 6.26 Å². The number of fused-ring (bicyclic) bond motifs is 1. The Morgan fingerprint density at radius 3 is 2.53 bits per heavy atom. The van der Waals surface area contributed by atoms with Crippen LogP contribution in [0.1, 0.15) is 11.1 Å². The first kappa shape index (κ1) is 13.2. The van der Waals surface area contributed by atoms with Gasteiger partial charge in [-0.15, -0.1) is 23.5 Å². The van der Waals surface area contributed by atoms with Crippen molar-refractivity contribution in [3.8, 4) is 0 Å². The van der Waals surface area contributed by atoms with Crippen molar-refractivity contribution < 1.29 is 0 Å². The second-order valence-corrected chi connectivity index (χ2v) is 7.20. The molecule has 96 valence electrons.